The summed E-state index contributed by atoms with van der Waals surface area (Å²) in [6.07, 6.45) is 3.34. The summed E-state index contributed by atoms with van der Waals surface area (Å²) in [6, 6.07) is 7.39. The van der Waals surface area contributed by atoms with Crippen LogP contribution in [0.15, 0.2) is 41.5 Å². The second kappa shape index (κ2) is 3.86. The molecule has 0 saturated heterocycles. The predicted octanol–water partition coefficient (Wildman–Crippen LogP) is 0.238. The minimum Gasteiger partial charge on any atom is -0.497 e. The maximum absolute atomic E-state index is 6.11. The monoisotopic (exact) mass is 218 g/mol. The van der Waals surface area contributed by atoms with Gasteiger partial charge in [0, 0.05) is 11.8 Å². The zero-order chi connectivity index (χ0) is 11.6. The molecule has 1 aromatic rings. The molecule has 1 aromatic carbocycles. The minimum atomic E-state index is -1.02. The average molecular weight is 218 g/mol. The molecular weight excluding hydrogens is 204 g/mol. The van der Waals surface area contributed by atoms with Crippen molar-refractivity contribution < 1.29 is 4.74 Å². The van der Waals surface area contributed by atoms with Gasteiger partial charge in [0.1, 0.15) is 11.6 Å². The van der Waals surface area contributed by atoms with Gasteiger partial charge < -0.3 is 15.8 Å². The summed E-state index contributed by atoms with van der Waals surface area (Å²) in [5.74, 6) is 0.101. The maximum Gasteiger partial charge on any atom is 0.211 e. The molecule has 0 spiro atoms. The predicted molar refractivity (Wildman–Crippen MR) is 62.8 cm³/mol. The lowest BCUT2D eigenvalue weighted by atomic mass is 10.1. The maximum atomic E-state index is 6.11. The van der Waals surface area contributed by atoms with Crippen molar-refractivity contribution in [3.63, 3.8) is 0 Å². The first-order valence-electron chi connectivity index (χ1n) is 4.87. The lowest BCUT2D eigenvalue weighted by Crippen LogP contribution is -2.49. The molecule has 0 radical (unpaired) electrons. The van der Waals surface area contributed by atoms with E-state index in [0.717, 1.165) is 11.3 Å². The van der Waals surface area contributed by atoms with Gasteiger partial charge >= 0.3 is 0 Å². The van der Waals surface area contributed by atoms with Gasteiger partial charge in [-0.05, 0) is 18.2 Å². The van der Waals surface area contributed by atoms with Crippen LogP contribution in [0.3, 0.4) is 0 Å². The third kappa shape index (κ3) is 1.85. The van der Waals surface area contributed by atoms with E-state index in [4.69, 9.17) is 16.2 Å². The Morgan fingerprint density at radius 2 is 2.25 bits per heavy atom. The minimum absolute atomic E-state index is 0.393. The molecular formula is C11H14N4O. The molecule has 0 saturated carbocycles. The summed E-state index contributed by atoms with van der Waals surface area (Å²) in [5.41, 5.74) is 12.5. The van der Waals surface area contributed by atoms with Gasteiger partial charge in [-0.15, -0.1) is 0 Å². The summed E-state index contributed by atoms with van der Waals surface area (Å²) in [7, 11) is 1.61. The van der Waals surface area contributed by atoms with Crippen LogP contribution in [0.2, 0.25) is 0 Å². The zero-order valence-corrected chi connectivity index (χ0v) is 8.97. The molecule has 1 heterocycles. The van der Waals surface area contributed by atoms with E-state index in [-0.39, 0.29) is 0 Å². The fourth-order valence-electron chi connectivity index (χ4n) is 1.54. The van der Waals surface area contributed by atoms with Gasteiger partial charge in [0.25, 0.3) is 0 Å². The third-order valence-electron chi connectivity index (χ3n) is 2.37. The van der Waals surface area contributed by atoms with E-state index in [9.17, 15) is 0 Å². The van der Waals surface area contributed by atoms with Crippen molar-refractivity contribution in [2.45, 2.75) is 5.79 Å². The van der Waals surface area contributed by atoms with Crippen LogP contribution in [-0.2, 0) is 5.79 Å². The fraction of sp³-hybridized carbons (Fsp3) is 0.182. The number of nitrogens with two attached hydrogens (primary N) is 2. The van der Waals surface area contributed by atoms with Crippen LogP contribution in [0.25, 0.3) is 0 Å². The number of hydrogen-bond acceptors (Lipinski definition) is 5. The Hall–Kier alpha value is -2.01. The largest absolute Gasteiger partial charge is 0.497 e. The molecule has 0 aromatic heterocycles. The molecule has 0 fully saturated rings. The van der Waals surface area contributed by atoms with Crippen LogP contribution in [0.1, 0.15) is 5.56 Å². The van der Waals surface area contributed by atoms with Crippen molar-refractivity contribution in [2.24, 2.45) is 16.5 Å². The van der Waals surface area contributed by atoms with Crippen molar-refractivity contribution in [1.82, 2.24) is 5.32 Å². The Morgan fingerprint density at radius 3 is 2.94 bits per heavy atom. The first kappa shape index (κ1) is 10.5. The van der Waals surface area contributed by atoms with Crippen molar-refractivity contribution in [1.29, 1.82) is 0 Å². The Morgan fingerprint density at radius 1 is 1.44 bits per heavy atom. The van der Waals surface area contributed by atoms with Crippen molar-refractivity contribution >= 4 is 5.84 Å². The SMILES string of the molecule is COc1cccc(C2(N)N=C(N)C=CN2)c1. The van der Waals surface area contributed by atoms with E-state index < -0.39 is 5.79 Å². The quantitative estimate of drug-likeness (QED) is 0.663. The van der Waals surface area contributed by atoms with Gasteiger partial charge in [0.05, 0.1) is 7.11 Å². The van der Waals surface area contributed by atoms with Gasteiger partial charge in [0.15, 0.2) is 0 Å². The fourth-order valence-corrected chi connectivity index (χ4v) is 1.54. The number of nitrogens with one attached hydrogen (secondary N) is 1. The molecule has 1 unspecified atom stereocenters. The molecule has 1 aliphatic rings. The van der Waals surface area contributed by atoms with Gasteiger partial charge in [-0.1, -0.05) is 12.1 Å². The summed E-state index contributed by atoms with van der Waals surface area (Å²) in [4.78, 5) is 4.18. The molecule has 5 N–H and O–H groups in total. The molecule has 1 aliphatic heterocycles. The Kier molecular flexibility index (Phi) is 2.54. The molecule has 5 nitrogen and oxygen atoms in total. The second-order valence-electron chi connectivity index (χ2n) is 3.51. The number of methoxy groups -OCH3 is 1. The molecule has 0 bridgehead atoms. The number of rotatable bonds is 2. The lowest BCUT2D eigenvalue weighted by Gasteiger charge is -2.28. The van der Waals surface area contributed by atoms with E-state index in [1.54, 1.807) is 19.4 Å². The van der Waals surface area contributed by atoms with Crippen LogP contribution in [0.4, 0.5) is 0 Å². The van der Waals surface area contributed by atoms with Crippen LogP contribution in [0.5, 0.6) is 5.75 Å². The number of benzene rings is 1. The topological polar surface area (TPSA) is 85.7 Å². The summed E-state index contributed by atoms with van der Waals surface area (Å²) in [5, 5.41) is 2.97. The molecule has 16 heavy (non-hydrogen) atoms. The normalized spacial score (nSPS) is 23.5. The molecule has 5 heteroatoms. The van der Waals surface area contributed by atoms with Crippen LogP contribution in [0, 0.1) is 0 Å². The van der Waals surface area contributed by atoms with E-state index in [1.165, 1.54) is 0 Å². The lowest BCUT2D eigenvalue weighted by molar-refractivity contribution is 0.394. The number of hydrogen-bond donors (Lipinski definition) is 3. The van der Waals surface area contributed by atoms with E-state index in [1.807, 2.05) is 24.3 Å². The Labute approximate surface area is 93.8 Å². The summed E-state index contributed by atoms with van der Waals surface area (Å²) >= 11 is 0. The number of ether oxygens (including phenoxy) is 1. The van der Waals surface area contributed by atoms with Gasteiger partial charge in [-0.3, -0.25) is 5.73 Å². The summed E-state index contributed by atoms with van der Waals surface area (Å²) < 4.78 is 5.14. The molecule has 0 amide bonds. The Balaban J connectivity index is 2.39. The highest BCUT2D eigenvalue weighted by Crippen LogP contribution is 2.23. The van der Waals surface area contributed by atoms with E-state index in [0.29, 0.717) is 5.84 Å². The number of nitrogens with zero attached hydrogens (tertiary/aromatic N) is 1. The van der Waals surface area contributed by atoms with Crippen molar-refractivity contribution in [3.8, 4) is 5.75 Å². The highest BCUT2D eigenvalue weighted by atomic mass is 16.5. The molecule has 0 aliphatic carbocycles. The third-order valence-corrected chi connectivity index (χ3v) is 2.37. The van der Waals surface area contributed by atoms with Crippen LogP contribution in [-0.4, -0.2) is 12.9 Å². The highest BCUT2D eigenvalue weighted by Gasteiger charge is 2.27. The van der Waals surface area contributed by atoms with Crippen molar-refractivity contribution in [2.75, 3.05) is 7.11 Å². The van der Waals surface area contributed by atoms with Crippen molar-refractivity contribution in [3.05, 3.63) is 42.1 Å². The number of amidine groups is 1. The van der Waals surface area contributed by atoms with Crippen LogP contribution < -0.4 is 21.5 Å². The molecule has 1 atom stereocenters. The van der Waals surface area contributed by atoms with E-state index in [2.05, 4.69) is 10.3 Å². The van der Waals surface area contributed by atoms with Gasteiger partial charge in [-0.25, -0.2) is 4.99 Å². The number of aliphatic imine (C=N–C) groups is 1. The molecule has 84 valence electrons. The standard InChI is InChI=1S/C11H14N4O/c1-16-9-4-2-3-8(7-9)11(13)14-6-5-10(12)15-11/h2-7,14H,13H2,1H3,(H2,12,15). The highest BCUT2D eigenvalue weighted by molar-refractivity contribution is 5.92. The Bertz CT molecular complexity index is 455. The average Bonchev–Trinajstić information content (AvgIpc) is 2.29. The van der Waals surface area contributed by atoms with Gasteiger partial charge in [0.2, 0.25) is 5.79 Å². The van der Waals surface area contributed by atoms with Gasteiger partial charge in [-0.2, -0.15) is 0 Å². The van der Waals surface area contributed by atoms with E-state index >= 15 is 0 Å². The zero-order valence-electron chi connectivity index (χ0n) is 8.97. The smallest absolute Gasteiger partial charge is 0.211 e. The molecule has 2 rings (SSSR count). The second-order valence-corrected chi connectivity index (χ2v) is 3.51. The summed E-state index contributed by atoms with van der Waals surface area (Å²) in [6.45, 7) is 0. The first-order chi connectivity index (χ1) is 7.64. The first-order valence-corrected chi connectivity index (χ1v) is 4.87. The van der Waals surface area contributed by atoms with Crippen LogP contribution >= 0.6 is 0 Å².